The summed E-state index contributed by atoms with van der Waals surface area (Å²) in [7, 11) is 0. The smallest absolute Gasteiger partial charge is 0.275 e. The lowest BCUT2D eigenvalue weighted by Crippen LogP contribution is -2.08. The van der Waals surface area contributed by atoms with Gasteiger partial charge in [-0.2, -0.15) is 5.10 Å². The standard InChI is InChI=1S/C9H6N2O3/c12-9-7-5(3-10-11-9)1-2-6-8(7)14-4-13-6/h1-3H,4H2,(H,11,12). The quantitative estimate of drug-likeness (QED) is 0.662. The van der Waals surface area contributed by atoms with E-state index in [9.17, 15) is 4.79 Å². The maximum atomic E-state index is 11.5. The van der Waals surface area contributed by atoms with E-state index in [2.05, 4.69) is 10.2 Å². The van der Waals surface area contributed by atoms with Crippen LogP contribution in [-0.4, -0.2) is 17.0 Å². The molecule has 3 rings (SSSR count). The first-order valence-electron chi connectivity index (χ1n) is 4.12. The molecular weight excluding hydrogens is 184 g/mol. The van der Waals surface area contributed by atoms with Crippen molar-refractivity contribution in [3.8, 4) is 11.5 Å². The Balaban J connectivity index is 2.53. The molecule has 0 aliphatic carbocycles. The predicted octanol–water partition coefficient (Wildman–Crippen LogP) is 0.652. The highest BCUT2D eigenvalue weighted by Gasteiger charge is 2.18. The van der Waals surface area contributed by atoms with Crippen molar-refractivity contribution in [1.29, 1.82) is 0 Å². The molecule has 0 bridgehead atoms. The molecule has 1 N–H and O–H groups in total. The van der Waals surface area contributed by atoms with Gasteiger partial charge in [0.2, 0.25) is 6.79 Å². The summed E-state index contributed by atoms with van der Waals surface area (Å²) >= 11 is 0. The van der Waals surface area contributed by atoms with E-state index in [4.69, 9.17) is 9.47 Å². The van der Waals surface area contributed by atoms with E-state index in [1.807, 2.05) is 0 Å². The van der Waals surface area contributed by atoms with Crippen LogP contribution in [0.5, 0.6) is 11.5 Å². The Morgan fingerprint density at radius 2 is 2.29 bits per heavy atom. The summed E-state index contributed by atoms with van der Waals surface area (Å²) in [4.78, 5) is 11.5. The monoisotopic (exact) mass is 190 g/mol. The molecule has 5 heteroatoms. The van der Waals surface area contributed by atoms with Crippen molar-refractivity contribution in [2.45, 2.75) is 0 Å². The zero-order valence-corrected chi connectivity index (χ0v) is 7.11. The Labute approximate surface area is 78.3 Å². The zero-order valence-electron chi connectivity index (χ0n) is 7.11. The number of aromatic amines is 1. The van der Waals surface area contributed by atoms with Gasteiger partial charge in [0.1, 0.15) is 0 Å². The second-order valence-electron chi connectivity index (χ2n) is 2.96. The van der Waals surface area contributed by atoms with Gasteiger partial charge in [-0.25, -0.2) is 5.10 Å². The van der Waals surface area contributed by atoms with Gasteiger partial charge in [-0.1, -0.05) is 0 Å². The normalized spacial score (nSPS) is 13.4. The van der Waals surface area contributed by atoms with Crippen LogP contribution in [0.25, 0.3) is 10.8 Å². The summed E-state index contributed by atoms with van der Waals surface area (Å²) in [6.45, 7) is 0.163. The number of aromatic nitrogens is 2. The van der Waals surface area contributed by atoms with Crippen LogP contribution in [0.15, 0.2) is 23.1 Å². The second-order valence-corrected chi connectivity index (χ2v) is 2.96. The molecule has 0 atom stereocenters. The number of fused-ring (bicyclic) bond motifs is 3. The molecule has 1 aromatic heterocycles. The summed E-state index contributed by atoms with van der Waals surface area (Å²) < 4.78 is 10.4. The third-order valence-electron chi connectivity index (χ3n) is 2.17. The number of H-pyrrole nitrogens is 1. The number of benzene rings is 1. The van der Waals surface area contributed by atoms with Crippen LogP contribution >= 0.6 is 0 Å². The Morgan fingerprint density at radius 1 is 1.36 bits per heavy atom. The fraction of sp³-hybridized carbons (Fsp3) is 0.111. The summed E-state index contributed by atoms with van der Waals surface area (Å²) in [5.41, 5.74) is -0.259. The summed E-state index contributed by atoms with van der Waals surface area (Å²) in [6, 6.07) is 3.55. The number of nitrogens with one attached hydrogen (secondary N) is 1. The van der Waals surface area contributed by atoms with Crippen LogP contribution < -0.4 is 15.0 Å². The van der Waals surface area contributed by atoms with E-state index in [-0.39, 0.29) is 12.4 Å². The van der Waals surface area contributed by atoms with Gasteiger partial charge in [0.05, 0.1) is 11.6 Å². The number of ether oxygens (including phenoxy) is 2. The molecule has 0 fully saturated rings. The second kappa shape index (κ2) is 2.47. The maximum Gasteiger partial charge on any atom is 0.275 e. The molecule has 2 heterocycles. The molecule has 0 saturated heterocycles. The minimum absolute atomic E-state index is 0.163. The summed E-state index contributed by atoms with van der Waals surface area (Å²) in [5, 5.41) is 7.31. The van der Waals surface area contributed by atoms with Gasteiger partial charge in [-0.3, -0.25) is 4.79 Å². The number of nitrogens with zero attached hydrogens (tertiary/aromatic N) is 1. The van der Waals surface area contributed by atoms with Gasteiger partial charge in [0.15, 0.2) is 11.5 Å². The molecule has 0 spiro atoms. The van der Waals surface area contributed by atoms with E-state index in [0.29, 0.717) is 16.9 Å². The molecule has 5 nitrogen and oxygen atoms in total. The van der Waals surface area contributed by atoms with Crippen molar-refractivity contribution in [3.05, 3.63) is 28.7 Å². The molecule has 2 aromatic rings. The van der Waals surface area contributed by atoms with Crippen LogP contribution in [0.1, 0.15) is 0 Å². The highest BCUT2D eigenvalue weighted by atomic mass is 16.7. The van der Waals surface area contributed by atoms with Crippen molar-refractivity contribution in [2.24, 2.45) is 0 Å². The van der Waals surface area contributed by atoms with Gasteiger partial charge in [0, 0.05) is 5.39 Å². The summed E-state index contributed by atoms with van der Waals surface area (Å²) in [5.74, 6) is 1.11. The summed E-state index contributed by atoms with van der Waals surface area (Å²) in [6.07, 6.45) is 1.58. The Hall–Kier alpha value is -2.04. The first-order chi connectivity index (χ1) is 6.86. The van der Waals surface area contributed by atoms with E-state index in [1.165, 1.54) is 0 Å². The lowest BCUT2D eigenvalue weighted by molar-refractivity contribution is 0.175. The molecule has 0 saturated carbocycles. The maximum absolute atomic E-state index is 11.5. The third kappa shape index (κ3) is 0.834. The van der Waals surface area contributed by atoms with Crippen molar-refractivity contribution < 1.29 is 9.47 Å². The Morgan fingerprint density at radius 3 is 3.21 bits per heavy atom. The highest BCUT2D eigenvalue weighted by Crippen LogP contribution is 2.36. The molecule has 1 aromatic carbocycles. The van der Waals surface area contributed by atoms with Crippen LogP contribution in [0.4, 0.5) is 0 Å². The Bertz CT molecular complexity index is 561. The van der Waals surface area contributed by atoms with Gasteiger partial charge in [-0.15, -0.1) is 0 Å². The zero-order chi connectivity index (χ0) is 9.54. The molecule has 0 radical (unpaired) electrons. The third-order valence-corrected chi connectivity index (χ3v) is 2.17. The molecule has 70 valence electrons. The van der Waals surface area contributed by atoms with Crippen LogP contribution in [0.2, 0.25) is 0 Å². The van der Waals surface area contributed by atoms with Gasteiger partial charge >= 0.3 is 0 Å². The minimum Gasteiger partial charge on any atom is -0.454 e. The van der Waals surface area contributed by atoms with Gasteiger partial charge in [0.25, 0.3) is 5.56 Å². The minimum atomic E-state index is -0.259. The van der Waals surface area contributed by atoms with Crippen LogP contribution in [-0.2, 0) is 0 Å². The van der Waals surface area contributed by atoms with Crippen molar-refractivity contribution in [3.63, 3.8) is 0 Å². The average Bonchev–Trinajstić information content (AvgIpc) is 2.65. The fourth-order valence-electron chi connectivity index (χ4n) is 1.55. The molecular formula is C9H6N2O3. The predicted molar refractivity (Wildman–Crippen MR) is 48.5 cm³/mol. The topological polar surface area (TPSA) is 64.2 Å². The number of rotatable bonds is 0. The van der Waals surface area contributed by atoms with E-state index in [1.54, 1.807) is 18.3 Å². The van der Waals surface area contributed by atoms with E-state index in [0.717, 1.165) is 5.39 Å². The highest BCUT2D eigenvalue weighted by molar-refractivity contribution is 5.89. The molecule has 14 heavy (non-hydrogen) atoms. The van der Waals surface area contributed by atoms with E-state index >= 15 is 0 Å². The lowest BCUT2D eigenvalue weighted by Gasteiger charge is -1.99. The van der Waals surface area contributed by atoms with Crippen molar-refractivity contribution >= 4 is 10.8 Å². The first kappa shape index (κ1) is 7.37. The molecule has 1 aliphatic rings. The average molecular weight is 190 g/mol. The van der Waals surface area contributed by atoms with E-state index < -0.39 is 0 Å². The molecule has 0 unspecified atom stereocenters. The molecule has 1 aliphatic heterocycles. The molecule has 0 amide bonds. The van der Waals surface area contributed by atoms with Crippen molar-refractivity contribution in [1.82, 2.24) is 10.2 Å². The largest absolute Gasteiger partial charge is 0.454 e. The number of hydrogen-bond acceptors (Lipinski definition) is 4. The van der Waals surface area contributed by atoms with Crippen LogP contribution in [0, 0.1) is 0 Å². The lowest BCUT2D eigenvalue weighted by atomic mass is 10.2. The fourth-order valence-corrected chi connectivity index (χ4v) is 1.55. The SMILES string of the molecule is O=c1[nH]ncc2ccc3c(c12)OCO3. The van der Waals surface area contributed by atoms with Crippen molar-refractivity contribution in [2.75, 3.05) is 6.79 Å². The Kier molecular flexibility index (Phi) is 1.30. The first-order valence-corrected chi connectivity index (χ1v) is 4.12. The van der Waals surface area contributed by atoms with Gasteiger partial charge in [-0.05, 0) is 12.1 Å². The number of hydrogen-bond donors (Lipinski definition) is 1. The van der Waals surface area contributed by atoms with Gasteiger partial charge < -0.3 is 9.47 Å². The van der Waals surface area contributed by atoms with Crippen LogP contribution in [0.3, 0.4) is 0 Å².